The molecule has 4 heterocycles. The average Bonchev–Trinajstić information content (AvgIpc) is 3.17. The summed E-state index contributed by atoms with van der Waals surface area (Å²) in [6.45, 7) is 1.90. The molecule has 2 atom stereocenters. The quantitative estimate of drug-likeness (QED) is 0.472. The van der Waals surface area contributed by atoms with Gasteiger partial charge < -0.3 is 21.1 Å². The van der Waals surface area contributed by atoms with Crippen molar-refractivity contribution >= 4 is 17.0 Å². The Morgan fingerprint density at radius 1 is 1.21 bits per heavy atom. The normalized spacial score (nSPS) is 18.7. The molecule has 0 saturated carbocycles. The number of rotatable bonds is 6. The maximum atomic E-state index is 13.2. The second-order valence-corrected chi connectivity index (χ2v) is 7.30. The number of alkyl halides is 2. The Morgan fingerprint density at radius 3 is 2.86 bits per heavy atom. The third kappa shape index (κ3) is 4.33. The van der Waals surface area contributed by atoms with Crippen molar-refractivity contribution in [2.45, 2.75) is 38.0 Å². The van der Waals surface area contributed by atoms with E-state index in [0.29, 0.717) is 11.5 Å². The minimum Gasteiger partial charge on any atom is -0.368 e. The summed E-state index contributed by atoms with van der Waals surface area (Å²) in [5.41, 5.74) is 0.935. The van der Waals surface area contributed by atoms with Crippen LogP contribution in [0.5, 0.6) is 0 Å². The molecule has 10 heteroatoms. The highest BCUT2D eigenvalue weighted by molar-refractivity contribution is 5.54. The largest absolute Gasteiger partial charge is 0.368 e. The van der Waals surface area contributed by atoms with Gasteiger partial charge in [0.1, 0.15) is 5.82 Å². The number of aliphatic hydroxyl groups excluding tert-OH is 1. The molecule has 0 radical (unpaired) electrons. The van der Waals surface area contributed by atoms with Crippen LogP contribution in [0.3, 0.4) is 0 Å². The molecule has 0 spiro atoms. The zero-order chi connectivity index (χ0) is 20.4. The minimum absolute atomic E-state index is 0.0868. The summed E-state index contributed by atoms with van der Waals surface area (Å²) in [6, 6.07) is 7.63. The number of fused-ring (bicyclic) bond motifs is 1. The van der Waals surface area contributed by atoms with Crippen molar-refractivity contribution in [1.29, 1.82) is 0 Å². The first-order valence-electron chi connectivity index (χ1n) is 9.73. The van der Waals surface area contributed by atoms with E-state index in [9.17, 15) is 13.9 Å². The first-order valence-corrected chi connectivity index (χ1v) is 9.73. The number of hydrogen-bond donors (Lipinski definition) is 4. The summed E-state index contributed by atoms with van der Waals surface area (Å²) in [5.74, 6) is 0.700. The maximum Gasteiger partial charge on any atom is 0.284 e. The van der Waals surface area contributed by atoms with Crippen LogP contribution in [0.1, 0.15) is 43.3 Å². The summed E-state index contributed by atoms with van der Waals surface area (Å²) < 4.78 is 29.2. The van der Waals surface area contributed by atoms with Crippen molar-refractivity contribution < 1.29 is 13.9 Å². The van der Waals surface area contributed by atoms with E-state index < -0.39 is 18.3 Å². The lowest BCUT2D eigenvalue weighted by Gasteiger charge is -2.18. The van der Waals surface area contributed by atoms with E-state index in [0.717, 1.165) is 31.4 Å². The van der Waals surface area contributed by atoms with Gasteiger partial charge in [0, 0.05) is 25.8 Å². The number of halogens is 2. The zero-order valence-corrected chi connectivity index (χ0v) is 16.1. The molecule has 156 valence electrons. The molecule has 3 aromatic heterocycles. The Balaban J connectivity index is 1.55. The molecule has 1 saturated heterocycles. The molecule has 4 rings (SSSR count). The molecule has 0 amide bonds. The fraction of sp³-hybridized carbons (Fsp3) is 0.474. The highest BCUT2D eigenvalue weighted by atomic mass is 19.3. The Labute approximate surface area is 166 Å². The van der Waals surface area contributed by atoms with E-state index in [1.807, 2.05) is 18.2 Å². The summed E-state index contributed by atoms with van der Waals surface area (Å²) >= 11 is 0. The first-order chi connectivity index (χ1) is 14.0. The lowest BCUT2D eigenvalue weighted by Crippen LogP contribution is -2.31. The molecule has 4 N–H and O–H groups in total. The molecule has 1 aliphatic rings. The smallest absolute Gasteiger partial charge is 0.284 e. The van der Waals surface area contributed by atoms with E-state index >= 15 is 0 Å². The number of aryl methyl sites for hydroxylation is 1. The van der Waals surface area contributed by atoms with Gasteiger partial charge in [0.05, 0.1) is 16.9 Å². The first kappa shape index (κ1) is 19.6. The van der Waals surface area contributed by atoms with Gasteiger partial charge in [-0.2, -0.15) is 10.2 Å². The molecule has 1 aliphatic heterocycles. The zero-order valence-electron chi connectivity index (χ0n) is 16.1. The van der Waals surface area contributed by atoms with Gasteiger partial charge in [-0.05, 0) is 43.7 Å². The molecule has 0 aromatic carbocycles. The van der Waals surface area contributed by atoms with Gasteiger partial charge in [0.2, 0.25) is 0 Å². The minimum atomic E-state index is -2.74. The van der Waals surface area contributed by atoms with Gasteiger partial charge in [-0.25, -0.2) is 13.3 Å². The van der Waals surface area contributed by atoms with Crippen LogP contribution in [0, 0.1) is 0 Å². The maximum absolute atomic E-state index is 13.2. The Hall–Kier alpha value is -2.72. The van der Waals surface area contributed by atoms with Crippen LogP contribution >= 0.6 is 0 Å². The van der Waals surface area contributed by atoms with Crippen LogP contribution in [0.2, 0.25) is 0 Å². The summed E-state index contributed by atoms with van der Waals surface area (Å²) in [5, 5.41) is 28.5. The SMILES string of the molecule is Cn1cc(NC(O)c2ccc3ccc(NC4CCCCNC4)nn23)c(C(F)F)n1. The number of hydrogen-bond acceptors (Lipinski definition) is 6. The molecule has 1 fully saturated rings. The molecular weight excluding hydrogens is 380 g/mol. The molecule has 3 aromatic rings. The van der Waals surface area contributed by atoms with Crippen LogP contribution < -0.4 is 16.0 Å². The molecule has 0 aliphatic carbocycles. The number of aliphatic hydroxyl groups is 1. The average molecular weight is 405 g/mol. The Bertz CT molecular complexity index is 963. The second kappa shape index (κ2) is 8.34. The van der Waals surface area contributed by atoms with E-state index in [1.165, 1.54) is 17.3 Å². The molecule has 29 heavy (non-hydrogen) atoms. The van der Waals surface area contributed by atoms with Gasteiger partial charge in [-0.15, -0.1) is 0 Å². The van der Waals surface area contributed by atoms with Gasteiger partial charge in [-0.1, -0.05) is 6.42 Å². The molecular formula is C19H25F2N7O. The fourth-order valence-corrected chi connectivity index (χ4v) is 3.64. The predicted octanol–water partition coefficient (Wildman–Crippen LogP) is 2.66. The van der Waals surface area contributed by atoms with E-state index in [-0.39, 0.29) is 11.7 Å². The standard InChI is InChI=1S/C19H25F2N7O/c1-27-11-14(17(26-27)18(20)21)24-19(29)15-7-5-13-6-8-16(25-28(13)15)23-12-4-2-3-9-22-10-12/h5-8,11-12,18-19,22,24,29H,2-4,9-10H2,1H3,(H,23,25). The Morgan fingerprint density at radius 2 is 2.03 bits per heavy atom. The van der Waals surface area contributed by atoms with Crippen LogP contribution in [0.4, 0.5) is 20.3 Å². The highest BCUT2D eigenvalue weighted by Gasteiger charge is 2.21. The van der Waals surface area contributed by atoms with Gasteiger partial charge >= 0.3 is 0 Å². The van der Waals surface area contributed by atoms with Crippen molar-refractivity contribution in [2.75, 3.05) is 23.7 Å². The van der Waals surface area contributed by atoms with Crippen molar-refractivity contribution in [3.8, 4) is 0 Å². The van der Waals surface area contributed by atoms with Crippen LogP contribution in [-0.4, -0.2) is 43.6 Å². The fourth-order valence-electron chi connectivity index (χ4n) is 3.64. The Kier molecular flexibility index (Phi) is 5.63. The van der Waals surface area contributed by atoms with Crippen LogP contribution in [0.15, 0.2) is 30.5 Å². The lowest BCUT2D eigenvalue weighted by molar-refractivity contribution is 0.145. The summed E-state index contributed by atoms with van der Waals surface area (Å²) in [4.78, 5) is 0. The second-order valence-electron chi connectivity index (χ2n) is 7.30. The van der Waals surface area contributed by atoms with Crippen molar-refractivity contribution in [3.05, 3.63) is 41.9 Å². The number of nitrogens with zero attached hydrogens (tertiary/aromatic N) is 4. The predicted molar refractivity (Wildman–Crippen MR) is 106 cm³/mol. The van der Waals surface area contributed by atoms with Crippen molar-refractivity contribution in [2.24, 2.45) is 7.05 Å². The topological polar surface area (TPSA) is 91.4 Å². The van der Waals surface area contributed by atoms with E-state index in [4.69, 9.17) is 0 Å². The van der Waals surface area contributed by atoms with E-state index in [1.54, 1.807) is 17.6 Å². The van der Waals surface area contributed by atoms with Crippen molar-refractivity contribution in [3.63, 3.8) is 0 Å². The summed E-state index contributed by atoms with van der Waals surface area (Å²) in [7, 11) is 1.55. The van der Waals surface area contributed by atoms with Crippen LogP contribution in [0.25, 0.3) is 5.52 Å². The van der Waals surface area contributed by atoms with Crippen molar-refractivity contribution in [1.82, 2.24) is 24.7 Å². The molecule has 2 unspecified atom stereocenters. The number of anilines is 2. The molecule has 8 nitrogen and oxygen atoms in total. The third-order valence-corrected chi connectivity index (χ3v) is 5.07. The number of nitrogens with one attached hydrogen (secondary N) is 3. The monoisotopic (exact) mass is 405 g/mol. The summed E-state index contributed by atoms with van der Waals surface area (Å²) in [6.07, 6.45) is 0.840. The van der Waals surface area contributed by atoms with Gasteiger partial charge in [0.15, 0.2) is 11.9 Å². The van der Waals surface area contributed by atoms with E-state index in [2.05, 4.69) is 26.1 Å². The van der Waals surface area contributed by atoms with Gasteiger partial charge in [-0.3, -0.25) is 4.68 Å². The highest BCUT2D eigenvalue weighted by Crippen LogP contribution is 2.28. The van der Waals surface area contributed by atoms with Gasteiger partial charge in [0.25, 0.3) is 6.43 Å². The third-order valence-electron chi connectivity index (χ3n) is 5.07. The molecule has 0 bridgehead atoms. The number of aromatic nitrogens is 4. The van der Waals surface area contributed by atoms with Crippen LogP contribution in [-0.2, 0) is 7.05 Å². The lowest BCUT2D eigenvalue weighted by atomic mass is 10.1.